The van der Waals surface area contributed by atoms with Crippen molar-refractivity contribution < 1.29 is 33.2 Å². The van der Waals surface area contributed by atoms with Gasteiger partial charge in [-0.2, -0.15) is 26.3 Å². The maximum Gasteiger partial charge on any atom is 0.419 e. The average Bonchev–Trinajstić information content (AvgIpc) is 0.776. The zero-order chi connectivity index (χ0) is 112. The molecule has 13 heteroatoms. The zero-order valence-corrected chi connectivity index (χ0v) is 94.8. The van der Waals surface area contributed by atoms with Gasteiger partial charge in [-0.1, -0.05) is 403 Å². The fourth-order valence-corrected chi connectivity index (χ4v) is 21.4. The Labute approximate surface area is 921 Å². The van der Waals surface area contributed by atoms with E-state index in [0.29, 0.717) is 44.0 Å². The molecule has 0 atom stereocenters. The Morgan fingerprint density at radius 2 is 0.510 bits per heavy atom. The first kappa shape index (κ1) is 107. The molecule has 5 saturated carbocycles. The van der Waals surface area contributed by atoms with E-state index in [2.05, 4.69) is 260 Å². The van der Waals surface area contributed by atoms with E-state index in [0.717, 1.165) is 219 Å². The second-order valence-corrected chi connectivity index (χ2v) is 50.1. The molecule has 5 fully saturated rings. The van der Waals surface area contributed by atoms with Crippen LogP contribution in [0.3, 0.4) is 0 Å². The number of benzene rings is 13. The van der Waals surface area contributed by atoms with Gasteiger partial charge in [-0.3, -0.25) is 9.97 Å². The SMILES string of the molecule is CC(C)(C)c1cc(-c2cc(Cl)c(C(F)(F)F)cn2)cc2ccccc12.Clc1ccc(Br)cc1.[2H]C1(c2ccc(-c3ccc(-c4cc(-c5cc(C(C)(C)C)c6ccccc6c5)ncc4C(F)(F)F)cc3)cc2)CCC(C)(C)CC1.[2H]C1(c2ccc(-c3ccc(C)cc3)cc2)CCC(C)(C)CC1.[2H]C1(c2ccc(-c3ccc(Cl)cc3)cc2)CCC(C)(C)CC1.[2H]C1(c2ccc(C)cc2)CCC(C)(C)CC1.[2H]C1(c2ccc(Cl)cc2)CCC(C)(C)CC1. The molecule has 2 nitrogen and oxygen atoms in total. The van der Waals surface area contributed by atoms with Crippen molar-refractivity contribution in [1.29, 1.82) is 0 Å². The van der Waals surface area contributed by atoms with Gasteiger partial charge in [-0.05, 0) is 400 Å². The largest absolute Gasteiger partial charge is 0.419 e. The Bertz CT molecular complexity index is 6950. The van der Waals surface area contributed by atoms with Crippen LogP contribution in [0.4, 0.5) is 26.3 Å². The summed E-state index contributed by atoms with van der Waals surface area (Å²) in [5, 5.41) is 6.24. The van der Waals surface area contributed by atoms with E-state index in [-0.39, 0.29) is 39.1 Å². The van der Waals surface area contributed by atoms with Crippen molar-refractivity contribution >= 4 is 83.9 Å². The summed E-state index contributed by atoms with van der Waals surface area (Å²) in [4.78, 5) is 8.32. The molecular formula is C136H151BrCl4F6N2. The lowest BCUT2D eigenvalue weighted by atomic mass is 9.71. The Hall–Kier alpha value is -10.1. The molecule has 0 N–H and O–H groups in total. The number of fused-ring (bicyclic) bond motifs is 2. The van der Waals surface area contributed by atoms with E-state index in [1.54, 1.807) is 18.2 Å². The molecule has 782 valence electrons. The third kappa shape index (κ3) is 32.5. The van der Waals surface area contributed by atoms with Crippen molar-refractivity contribution in [1.82, 2.24) is 9.97 Å². The van der Waals surface area contributed by atoms with Crippen LogP contribution in [0.2, 0.25) is 20.1 Å². The third-order valence-corrected chi connectivity index (χ3v) is 32.4. The lowest BCUT2D eigenvalue weighted by Crippen LogP contribution is -2.20. The predicted molar refractivity (Wildman–Crippen MR) is 628 cm³/mol. The summed E-state index contributed by atoms with van der Waals surface area (Å²) in [5.74, 6) is -2.08. The van der Waals surface area contributed by atoms with E-state index in [1.807, 2.05) is 170 Å². The van der Waals surface area contributed by atoms with Gasteiger partial charge >= 0.3 is 12.4 Å². The molecule has 149 heavy (non-hydrogen) atoms. The van der Waals surface area contributed by atoms with Gasteiger partial charge in [-0.25, -0.2) is 0 Å². The van der Waals surface area contributed by atoms with E-state index >= 15 is 0 Å². The maximum absolute atomic E-state index is 14.3. The normalized spacial score (nSPS) is 18.4. The van der Waals surface area contributed by atoms with Crippen molar-refractivity contribution in [3.05, 3.63) is 401 Å². The molecule has 2 heterocycles. The number of rotatable bonds is 11. The average molecular weight is 2150 g/mol. The quantitative estimate of drug-likeness (QED) is 0.121. The lowest BCUT2D eigenvalue weighted by Gasteiger charge is -2.34. The number of hydrogen-bond donors (Lipinski definition) is 0. The molecule has 0 spiro atoms. The molecule has 13 aromatic carbocycles. The Kier molecular flexibility index (Phi) is 35.5. The highest BCUT2D eigenvalue weighted by Crippen LogP contribution is 2.51. The first-order chi connectivity index (χ1) is 72.1. The Morgan fingerprint density at radius 3 is 0.799 bits per heavy atom. The second kappa shape index (κ2) is 49.3. The van der Waals surface area contributed by atoms with Crippen LogP contribution < -0.4 is 0 Å². The number of hydrogen-bond acceptors (Lipinski definition) is 2. The van der Waals surface area contributed by atoms with Gasteiger partial charge in [0.1, 0.15) is 0 Å². The second-order valence-electron chi connectivity index (χ2n) is 47.5. The molecule has 2 aromatic heterocycles. The zero-order valence-electron chi connectivity index (χ0n) is 95.2. The van der Waals surface area contributed by atoms with Gasteiger partial charge < -0.3 is 0 Å². The number of aryl methyl sites for hydroxylation is 2. The number of pyridine rings is 2. The van der Waals surface area contributed by atoms with Crippen molar-refractivity contribution in [3.8, 4) is 67.0 Å². The predicted octanol–water partition coefficient (Wildman–Crippen LogP) is 44.9. The molecular weight excluding hydrogens is 2000 g/mol. The number of nitrogens with zero attached hydrogens (tertiary/aromatic N) is 2. The van der Waals surface area contributed by atoms with Crippen molar-refractivity contribution in [2.45, 2.75) is 306 Å². The monoisotopic (exact) mass is 2150 g/mol. The maximum atomic E-state index is 14.3. The number of aromatic nitrogens is 2. The number of halogens is 11. The molecule has 0 amide bonds. The molecule has 0 saturated heterocycles. The summed E-state index contributed by atoms with van der Waals surface area (Å²) >= 11 is 26.6. The van der Waals surface area contributed by atoms with Gasteiger partial charge in [0, 0.05) is 49.9 Å². The number of alkyl halides is 6. The fourth-order valence-electron chi connectivity index (χ4n) is 20.4. The van der Waals surface area contributed by atoms with Gasteiger partial charge in [0.15, 0.2) is 0 Å². The summed E-state index contributed by atoms with van der Waals surface area (Å²) in [6.07, 6.45) is 13.5. The van der Waals surface area contributed by atoms with Crippen LogP contribution in [0.1, 0.15) is 337 Å². The molecule has 0 radical (unpaired) electrons. The highest BCUT2D eigenvalue weighted by Gasteiger charge is 2.38. The summed E-state index contributed by atoms with van der Waals surface area (Å²) in [7, 11) is 0. The van der Waals surface area contributed by atoms with Crippen LogP contribution in [-0.2, 0) is 23.2 Å². The molecule has 0 bridgehead atoms. The first-order valence-electron chi connectivity index (χ1n) is 55.5. The third-order valence-electron chi connectivity index (χ3n) is 30.8. The lowest BCUT2D eigenvalue weighted by molar-refractivity contribution is -0.138. The van der Waals surface area contributed by atoms with E-state index in [1.165, 1.54) is 63.4 Å². The molecule has 5 aliphatic rings. The summed E-state index contributed by atoms with van der Waals surface area (Å²) in [6, 6.07) is 99.9. The van der Waals surface area contributed by atoms with Crippen molar-refractivity contribution in [2.24, 2.45) is 27.1 Å². The van der Waals surface area contributed by atoms with Crippen LogP contribution in [0.5, 0.6) is 0 Å². The van der Waals surface area contributed by atoms with Crippen molar-refractivity contribution in [3.63, 3.8) is 0 Å². The van der Waals surface area contributed by atoms with Crippen LogP contribution in [0.25, 0.3) is 88.6 Å². The summed E-state index contributed by atoms with van der Waals surface area (Å²) in [5.41, 5.74) is 20.3. The molecule has 20 rings (SSSR count). The van der Waals surface area contributed by atoms with Crippen LogP contribution >= 0.6 is 62.3 Å². The minimum absolute atomic E-state index is 0.108. The minimum atomic E-state index is -4.55. The van der Waals surface area contributed by atoms with Crippen LogP contribution in [-0.4, -0.2) is 9.97 Å². The standard InChI is InChI=1S/C40H40F3N.C21H26.C20H17ClF3N.C20H23Cl.C15H22.C14H19Cl.C6H4BrCl/c1-38(2,3)35-23-32(22-31-8-6-7-9-33(31)35)37-24-34(36(25-44-37)40(41,42)43)30-16-14-27(15-17-30)26-10-12-28(13-11-26)29-18-20-39(4,5)21-19-29;1-16-4-6-17(7-5-16)18-8-10-19(11-9-18)20-12-14-21(2,3)15-13-20;1-19(2,3)15-9-13(8-12-6-4-5-7-14(12)15)18-10-17(21)16(11-25-18)20(22,23)24;1-20(2)13-11-18(12-14-20)16-5-3-15(4-6-16)17-7-9-19(21)10-8-17;1-12-4-6-13(7-5-12)14-8-10-15(2,3)11-9-14;1-14(2)9-7-12(8-10-14)11-3-5-13(15)6-4-11;7-5-1-3-6(8)4-2-5/h6-17,22-25,29H,18-21H2,1-5H3;4-11,20H,12-15H2,1-3H3;4-11H,1-3H3;3-10,18H,11-14H2,1-2H3;4-7,14H,8-11H2,1-3H3;3-6,12H,7-10H2,1-2H3;1-4H/i29D;20D;;18D;14D;12D;. The fraction of sp³-hybridized carbons (Fsp3) is 0.382. The van der Waals surface area contributed by atoms with Gasteiger partial charge in [0.05, 0.1) is 27.5 Å². The summed E-state index contributed by atoms with van der Waals surface area (Å²) in [6.45, 7) is 40.0. The Morgan fingerprint density at radius 1 is 0.275 bits per heavy atom. The Balaban J connectivity index is 0.000000148. The van der Waals surface area contributed by atoms with Crippen LogP contribution in [0, 0.1) is 40.9 Å². The molecule has 5 aliphatic carbocycles. The van der Waals surface area contributed by atoms with Crippen molar-refractivity contribution in [2.75, 3.05) is 0 Å². The smallest absolute Gasteiger partial charge is 0.256 e. The highest BCUT2D eigenvalue weighted by atomic mass is 79.9. The van der Waals surface area contributed by atoms with E-state index in [4.69, 9.17) is 53.3 Å². The van der Waals surface area contributed by atoms with Gasteiger partial charge in [0.25, 0.3) is 0 Å². The first-order valence-corrected chi connectivity index (χ1v) is 55.3. The molecule has 0 aliphatic heterocycles. The minimum Gasteiger partial charge on any atom is -0.256 e. The van der Waals surface area contributed by atoms with E-state index < -0.39 is 35.3 Å². The van der Waals surface area contributed by atoms with Crippen LogP contribution in [0.15, 0.2) is 320 Å². The topological polar surface area (TPSA) is 25.8 Å². The van der Waals surface area contributed by atoms with Gasteiger partial charge in [0.2, 0.25) is 0 Å². The highest BCUT2D eigenvalue weighted by molar-refractivity contribution is 9.10. The molecule has 0 unspecified atom stereocenters. The molecule has 15 aromatic rings. The van der Waals surface area contributed by atoms with Gasteiger partial charge in [-0.15, -0.1) is 0 Å². The van der Waals surface area contributed by atoms with E-state index in [9.17, 15) is 26.3 Å². The summed E-state index contributed by atoms with van der Waals surface area (Å²) < 4.78 is 126.